The van der Waals surface area contributed by atoms with Crippen LogP contribution >= 0.6 is 0 Å². The van der Waals surface area contributed by atoms with Crippen LogP contribution in [0.25, 0.3) is 0 Å². The van der Waals surface area contributed by atoms with E-state index in [2.05, 4.69) is 39.8 Å². The van der Waals surface area contributed by atoms with Gasteiger partial charge in [-0.3, -0.25) is 4.79 Å². The molecule has 160 valence electrons. The molecule has 0 aromatic heterocycles. The molecule has 0 aliphatic heterocycles. The lowest BCUT2D eigenvalue weighted by Crippen LogP contribution is -2.20. The van der Waals surface area contributed by atoms with Crippen LogP contribution in [0.15, 0.2) is 58.7 Å². The number of hydrogen-bond donors (Lipinski definition) is 1. The molecule has 0 aromatic carbocycles. The smallest absolute Gasteiger partial charge is 0.331 e. The minimum atomic E-state index is -0.947. The Kier molecular flexibility index (Phi) is 9.87. The van der Waals surface area contributed by atoms with Gasteiger partial charge >= 0.3 is 11.9 Å². The fraction of sp³-hybridized carbons (Fsp3) is 0.520. The maximum Gasteiger partial charge on any atom is 0.331 e. The summed E-state index contributed by atoms with van der Waals surface area (Å²) in [6.07, 6.45) is 15.6. The van der Waals surface area contributed by atoms with E-state index in [1.54, 1.807) is 6.92 Å². The molecule has 4 nitrogen and oxygen atoms in total. The summed E-state index contributed by atoms with van der Waals surface area (Å²) in [4.78, 5) is 22.8. The second-order valence-corrected chi connectivity index (χ2v) is 8.50. The zero-order valence-corrected chi connectivity index (χ0v) is 18.7. The van der Waals surface area contributed by atoms with Crippen molar-refractivity contribution in [1.29, 1.82) is 0 Å². The number of allylic oxidation sites excluding steroid dienone is 9. The highest BCUT2D eigenvalue weighted by atomic mass is 16.5. The van der Waals surface area contributed by atoms with Gasteiger partial charge in [0, 0.05) is 6.08 Å². The summed E-state index contributed by atoms with van der Waals surface area (Å²) in [5, 5.41) is 8.97. The molecule has 29 heavy (non-hydrogen) atoms. The molecule has 0 amide bonds. The molecule has 0 bridgehead atoms. The third-order valence-corrected chi connectivity index (χ3v) is 5.39. The van der Waals surface area contributed by atoms with Crippen LogP contribution in [0.5, 0.6) is 0 Å². The van der Waals surface area contributed by atoms with Gasteiger partial charge in [-0.05, 0) is 63.0 Å². The van der Waals surface area contributed by atoms with E-state index in [9.17, 15) is 9.59 Å². The third kappa shape index (κ3) is 8.68. The Hall–Kier alpha value is -2.36. The van der Waals surface area contributed by atoms with Crippen LogP contribution in [0, 0.1) is 11.3 Å². The van der Waals surface area contributed by atoms with Crippen molar-refractivity contribution in [3.63, 3.8) is 0 Å². The highest BCUT2D eigenvalue weighted by Crippen LogP contribution is 2.40. The number of rotatable bonds is 9. The highest BCUT2D eigenvalue weighted by molar-refractivity contribution is 5.83. The van der Waals surface area contributed by atoms with Gasteiger partial charge in [0.25, 0.3) is 0 Å². The summed E-state index contributed by atoms with van der Waals surface area (Å²) >= 11 is 0. The molecule has 1 rings (SSSR count). The minimum absolute atomic E-state index is 0.104. The Morgan fingerprint density at radius 1 is 1.21 bits per heavy atom. The standard InChI is InChI=1S/C25H36O4/c1-7-21(24(27)28)17-29-23(26)16-19(3)11-8-10-18(2)13-14-22-20(4)12-9-15-25(22,5)6/h8,10-11,13-14,16,21H,7,9,12,15,17H2,1-6H3,(H,27,28). The van der Waals surface area contributed by atoms with Gasteiger partial charge in [0.05, 0.1) is 5.92 Å². The van der Waals surface area contributed by atoms with Crippen LogP contribution in [-0.2, 0) is 14.3 Å². The molecule has 0 radical (unpaired) electrons. The molecular weight excluding hydrogens is 364 g/mol. The molecule has 0 heterocycles. The lowest BCUT2D eigenvalue weighted by molar-refractivity contribution is -0.148. The van der Waals surface area contributed by atoms with Gasteiger partial charge in [0.2, 0.25) is 0 Å². The number of carboxylic acids is 1. The van der Waals surface area contributed by atoms with Gasteiger partial charge in [0.1, 0.15) is 6.61 Å². The number of hydrogen-bond acceptors (Lipinski definition) is 3. The summed E-state index contributed by atoms with van der Waals surface area (Å²) in [6, 6.07) is 0. The van der Waals surface area contributed by atoms with Gasteiger partial charge in [-0.25, -0.2) is 4.79 Å². The number of aliphatic carboxylic acids is 1. The molecule has 1 aliphatic rings. The monoisotopic (exact) mass is 400 g/mol. The molecule has 4 heteroatoms. The van der Waals surface area contributed by atoms with E-state index in [4.69, 9.17) is 9.84 Å². The maximum absolute atomic E-state index is 11.8. The van der Waals surface area contributed by atoms with Crippen molar-refractivity contribution in [2.24, 2.45) is 11.3 Å². The normalized spacial score (nSPS) is 19.1. The molecule has 1 atom stereocenters. The Labute approximate surface area is 175 Å². The Morgan fingerprint density at radius 2 is 1.90 bits per heavy atom. The maximum atomic E-state index is 11.8. The summed E-state index contributed by atoms with van der Waals surface area (Å²) in [5.41, 5.74) is 5.02. The van der Waals surface area contributed by atoms with E-state index < -0.39 is 17.9 Å². The number of esters is 1. The van der Waals surface area contributed by atoms with Crippen molar-refractivity contribution >= 4 is 11.9 Å². The zero-order valence-electron chi connectivity index (χ0n) is 18.7. The number of carbonyl (C=O) groups is 2. The Bertz CT molecular complexity index is 745. The van der Waals surface area contributed by atoms with Gasteiger partial charge in [-0.2, -0.15) is 0 Å². The van der Waals surface area contributed by atoms with Gasteiger partial charge < -0.3 is 9.84 Å². The fourth-order valence-corrected chi connectivity index (χ4v) is 3.45. The molecule has 1 N–H and O–H groups in total. The second-order valence-electron chi connectivity index (χ2n) is 8.50. The van der Waals surface area contributed by atoms with Crippen molar-refractivity contribution in [3.8, 4) is 0 Å². The summed E-state index contributed by atoms with van der Waals surface area (Å²) in [7, 11) is 0. The number of ether oxygens (including phenoxy) is 1. The summed E-state index contributed by atoms with van der Waals surface area (Å²) in [5.74, 6) is -2.13. The average Bonchev–Trinajstić information content (AvgIpc) is 2.60. The van der Waals surface area contributed by atoms with Crippen molar-refractivity contribution < 1.29 is 19.4 Å². The van der Waals surface area contributed by atoms with Crippen molar-refractivity contribution in [2.75, 3.05) is 6.61 Å². The van der Waals surface area contributed by atoms with Crippen LogP contribution in [0.4, 0.5) is 0 Å². The van der Waals surface area contributed by atoms with Crippen molar-refractivity contribution in [3.05, 3.63) is 58.7 Å². The quantitative estimate of drug-likeness (QED) is 0.285. The van der Waals surface area contributed by atoms with E-state index in [0.717, 1.165) is 11.1 Å². The summed E-state index contributed by atoms with van der Waals surface area (Å²) in [6.45, 7) is 12.4. The molecule has 0 fully saturated rings. The third-order valence-electron chi connectivity index (χ3n) is 5.39. The van der Waals surface area contributed by atoms with Crippen LogP contribution < -0.4 is 0 Å². The largest absolute Gasteiger partial charge is 0.481 e. The number of carbonyl (C=O) groups excluding carboxylic acids is 1. The van der Waals surface area contributed by atoms with Crippen LogP contribution in [0.3, 0.4) is 0 Å². The van der Waals surface area contributed by atoms with E-state index in [0.29, 0.717) is 6.42 Å². The van der Waals surface area contributed by atoms with Gasteiger partial charge in [-0.15, -0.1) is 0 Å². The zero-order chi connectivity index (χ0) is 22.0. The van der Waals surface area contributed by atoms with Gasteiger partial charge in [-0.1, -0.05) is 62.3 Å². The lowest BCUT2D eigenvalue weighted by Gasteiger charge is -2.32. The molecule has 0 saturated heterocycles. The average molecular weight is 401 g/mol. The van der Waals surface area contributed by atoms with Crippen molar-refractivity contribution in [1.82, 2.24) is 0 Å². The highest BCUT2D eigenvalue weighted by Gasteiger charge is 2.26. The molecule has 0 spiro atoms. The first-order chi connectivity index (χ1) is 13.6. The SMILES string of the molecule is CCC(COC(=O)C=C(C)C=CC=C(C)C=CC1=C(C)CCCC1(C)C)C(=O)O. The van der Waals surface area contributed by atoms with Crippen LogP contribution in [-0.4, -0.2) is 23.7 Å². The fourth-order valence-electron chi connectivity index (χ4n) is 3.45. The number of carboxylic acid groups (broad SMARTS) is 1. The first-order valence-corrected chi connectivity index (χ1v) is 10.4. The molecule has 1 aliphatic carbocycles. The molecule has 1 unspecified atom stereocenters. The minimum Gasteiger partial charge on any atom is -0.481 e. The van der Waals surface area contributed by atoms with Crippen molar-refractivity contribution in [2.45, 2.75) is 67.2 Å². The van der Waals surface area contributed by atoms with Crippen LogP contribution in [0.1, 0.15) is 67.2 Å². The van der Waals surface area contributed by atoms with E-state index >= 15 is 0 Å². The predicted octanol–water partition coefficient (Wildman–Crippen LogP) is 6.17. The second kappa shape index (κ2) is 11.6. The van der Waals surface area contributed by atoms with E-state index in [1.165, 1.54) is 36.5 Å². The lowest BCUT2D eigenvalue weighted by atomic mass is 9.72. The topological polar surface area (TPSA) is 63.6 Å². The first kappa shape index (κ1) is 24.7. The van der Waals surface area contributed by atoms with Crippen LogP contribution in [0.2, 0.25) is 0 Å². The van der Waals surface area contributed by atoms with Gasteiger partial charge in [0.15, 0.2) is 0 Å². The predicted molar refractivity (Wildman–Crippen MR) is 119 cm³/mol. The Balaban J connectivity index is 2.65. The molecular formula is C25H36O4. The van der Waals surface area contributed by atoms with E-state index in [-0.39, 0.29) is 12.0 Å². The molecule has 0 aromatic rings. The first-order valence-electron chi connectivity index (χ1n) is 10.4. The molecule has 0 saturated carbocycles. The Morgan fingerprint density at radius 3 is 2.48 bits per heavy atom. The van der Waals surface area contributed by atoms with E-state index in [1.807, 2.05) is 25.2 Å². The summed E-state index contributed by atoms with van der Waals surface area (Å²) < 4.78 is 5.03.